The Morgan fingerprint density at radius 3 is 2.53 bits per heavy atom. The average molecular weight is 434 g/mol. The van der Waals surface area contributed by atoms with Crippen LogP contribution >= 0.6 is 11.8 Å². The number of carbonyl (C=O) groups excluding carboxylic acids is 3. The van der Waals surface area contributed by atoms with E-state index >= 15 is 0 Å². The largest absolute Gasteiger partial charge is 0.394 e. The maximum Gasteiger partial charge on any atom is 0.256 e. The van der Waals surface area contributed by atoms with E-state index in [1.165, 1.54) is 0 Å². The molecule has 30 heavy (non-hydrogen) atoms. The summed E-state index contributed by atoms with van der Waals surface area (Å²) in [5, 5.41) is 15.1. The van der Waals surface area contributed by atoms with E-state index in [9.17, 15) is 19.5 Å². The number of fused-ring (bicyclic) bond motifs is 3. The molecule has 3 amide bonds. The van der Waals surface area contributed by atoms with E-state index in [1.807, 2.05) is 45.9 Å². The number of thioether (sulfide) groups is 1. The average Bonchev–Trinajstić information content (AvgIpc) is 3.25. The highest BCUT2D eigenvalue weighted by molar-refractivity contribution is 7.99. The standard InChI is InChI=1S/C22H31N3O4S/c1-12(2)9-14(10-26)23-20(28)18(13(3)4)24-19(27)17-11-30-22-16-8-6-5-7-15(16)21(29)25(17)22/h5-8,12-14,17-18,22,26H,9-11H2,1-4H3,(H,23,28)(H,24,27). The molecule has 0 aromatic heterocycles. The highest BCUT2D eigenvalue weighted by Gasteiger charge is 2.48. The lowest BCUT2D eigenvalue weighted by Crippen LogP contribution is -2.56. The van der Waals surface area contributed by atoms with Crippen LogP contribution in [0.2, 0.25) is 0 Å². The summed E-state index contributed by atoms with van der Waals surface area (Å²) in [5.41, 5.74) is 1.59. The van der Waals surface area contributed by atoms with Crippen molar-refractivity contribution < 1.29 is 19.5 Å². The Bertz CT molecular complexity index is 813. The molecule has 2 aliphatic rings. The number of rotatable bonds is 8. The van der Waals surface area contributed by atoms with Crippen molar-refractivity contribution in [1.82, 2.24) is 15.5 Å². The number of carbonyl (C=O) groups is 3. The van der Waals surface area contributed by atoms with Gasteiger partial charge in [-0.25, -0.2) is 0 Å². The Morgan fingerprint density at radius 2 is 1.90 bits per heavy atom. The van der Waals surface area contributed by atoms with Crippen LogP contribution in [0.5, 0.6) is 0 Å². The van der Waals surface area contributed by atoms with Gasteiger partial charge in [0.15, 0.2) is 0 Å². The first-order chi connectivity index (χ1) is 14.2. The van der Waals surface area contributed by atoms with Gasteiger partial charge in [-0.15, -0.1) is 11.8 Å². The van der Waals surface area contributed by atoms with E-state index in [2.05, 4.69) is 10.6 Å². The van der Waals surface area contributed by atoms with E-state index in [-0.39, 0.29) is 41.7 Å². The molecular formula is C22H31N3O4S. The summed E-state index contributed by atoms with van der Waals surface area (Å²) >= 11 is 1.57. The van der Waals surface area contributed by atoms with Crippen molar-refractivity contribution in [1.29, 1.82) is 0 Å². The fraction of sp³-hybridized carbons (Fsp3) is 0.591. The molecule has 3 N–H and O–H groups in total. The summed E-state index contributed by atoms with van der Waals surface area (Å²) in [4.78, 5) is 40.4. The first kappa shape index (κ1) is 22.6. The molecule has 8 heteroatoms. The molecule has 4 atom stereocenters. The summed E-state index contributed by atoms with van der Waals surface area (Å²) < 4.78 is 0. The minimum Gasteiger partial charge on any atom is -0.394 e. The van der Waals surface area contributed by atoms with Crippen LogP contribution in [0.15, 0.2) is 24.3 Å². The Morgan fingerprint density at radius 1 is 1.20 bits per heavy atom. The lowest BCUT2D eigenvalue weighted by Gasteiger charge is -2.28. The number of amides is 3. The molecule has 4 unspecified atom stereocenters. The quantitative estimate of drug-likeness (QED) is 0.582. The molecule has 1 saturated heterocycles. The highest BCUT2D eigenvalue weighted by atomic mass is 32.2. The van der Waals surface area contributed by atoms with E-state index < -0.39 is 12.1 Å². The van der Waals surface area contributed by atoms with E-state index in [4.69, 9.17) is 0 Å². The van der Waals surface area contributed by atoms with Crippen molar-refractivity contribution in [3.05, 3.63) is 35.4 Å². The zero-order valence-corrected chi connectivity index (χ0v) is 18.7. The van der Waals surface area contributed by atoms with E-state index in [0.29, 0.717) is 23.7 Å². The maximum absolute atomic E-state index is 13.1. The molecule has 0 spiro atoms. The van der Waals surface area contributed by atoms with E-state index in [1.54, 1.807) is 22.7 Å². The number of nitrogens with zero attached hydrogens (tertiary/aromatic N) is 1. The predicted molar refractivity (Wildman–Crippen MR) is 117 cm³/mol. The normalized spacial score (nSPS) is 22.1. The molecule has 1 aromatic rings. The second-order valence-corrected chi connectivity index (χ2v) is 9.86. The van der Waals surface area contributed by atoms with Crippen molar-refractivity contribution in [3.8, 4) is 0 Å². The monoisotopic (exact) mass is 433 g/mol. The van der Waals surface area contributed by atoms with Gasteiger partial charge in [0, 0.05) is 11.3 Å². The number of benzene rings is 1. The van der Waals surface area contributed by atoms with Crippen LogP contribution in [-0.4, -0.2) is 58.2 Å². The summed E-state index contributed by atoms with van der Waals surface area (Å²) in [6.07, 6.45) is 0.655. The molecular weight excluding hydrogens is 402 g/mol. The highest BCUT2D eigenvalue weighted by Crippen LogP contribution is 2.48. The van der Waals surface area contributed by atoms with E-state index in [0.717, 1.165) is 5.56 Å². The molecule has 0 radical (unpaired) electrons. The van der Waals surface area contributed by atoms with Crippen LogP contribution in [-0.2, 0) is 9.59 Å². The third-order valence-corrected chi connectivity index (χ3v) is 6.87. The van der Waals surface area contributed by atoms with Crippen LogP contribution < -0.4 is 10.6 Å². The summed E-state index contributed by atoms with van der Waals surface area (Å²) in [6.45, 7) is 7.63. The zero-order chi connectivity index (χ0) is 22.0. The van der Waals surface area contributed by atoms with Gasteiger partial charge >= 0.3 is 0 Å². The molecule has 0 saturated carbocycles. The van der Waals surface area contributed by atoms with Crippen molar-refractivity contribution >= 4 is 29.5 Å². The molecule has 3 rings (SSSR count). The van der Waals surface area contributed by atoms with Crippen LogP contribution in [0, 0.1) is 11.8 Å². The van der Waals surface area contributed by atoms with Gasteiger partial charge in [-0.2, -0.15) is 0 Å². The Labute approximate surface area is 182 Å². The third-order valence-electron chi connectivity index (χ3n) is 5.56. The van der Waals surface area contributed by atoms with Gasteiger partial charge in [0.2, 0.25) is 11.8 Å². The first-order valence-corrected chi connectivity index (χ1v) is 11.5. The molecule has 1 aromatic carbocycles. The van der Waals surface area contributed by atoms with Gasteiger partial charge in [-0.3, -0.25) is 14.4 Å². The zero-order valence-electron chi connectivity index (χ0n) is 17.9. The Balaban J connectivity index is 1.69. The number of aliphatic hydroxyl groups excluding tert-OH is 1. The van der Waals surface area contributed by atoms with Gasteiger partial charge in [-0.1, -0.05) is 45.9 Å². The van der Waals surface area contributed by atoms with Gasteiger partial charge in [0.1, 0.15) is 17.5 Å². The molecule has 7 nitrogen and oxygen atoms in total. The minimum absolute atomic E-state index is 0.135. The Hall–Kier alpha value is -2.06. The van der Waals surface area contributed by atoms with Crippen molar-refractivity contribution in [2.75, 3.05) is 12.4 Å². The number of aliphatic hydroxyl groups is 1. The fourth-order valence-electron chi connectivity index (χ4n) is 4.07. The van der Waals surface area contributed by atoms with Gasteiger partial charge in [0.05, 0.1) is 12.6 Å². The van der Waals surface area contributed by atoms with Crippen LogP contribution in [0.3, 0.4) is 0 Å². The molecule has 2 heterocycles. The van der Waals surface area contributed by atoms with Crippen molar-refractivity contribution in [2.45, 2.75) is 57.6 Å². The number of hydrogen-bond acceptors (Lipinski definition) is 5. The summed E-state index contributed by atoms with van der Waals surface area (Å²) in [7, 11) is 0. The van der Waals surface area contributed by atoms with Gasteiger partial charge in [0.25, 0.3) is 5.91 Å². The smallest absolute Gasteiger partial charge is 0.256 e. The van der Waals surface area contributed by atoms with Crippen LogP contribution in [0.25, 0.3) is 0 Å². The van der Waals surface area contributed by atoms with Crippen molar-refractivity contribution in [3.63, 3.8) is 0 Å². The summed E-state index contributed by atoms with van der Waals surface area (Å²) in [5.74, 6) is -0.0759. The minimum atomic E-state index is -0.733. The topological polar surface area (TPSA) is 98.7 Å². The lowest BCUT2D eigenvalue weighted by atomic mass is 10.0. The fourth-order valence-corrected chi connectivity index (χ4v) is 5.53. The third kappa shape index (κ3) is 4.49. The lowest BCUT2D eigenvalue weighted by molar-refractivity contribution is -0.132. The van der Waals surface area contributed by atoms with Crippen LogP contribution in [0.1, 0.15) is 55.4 Å². The van der Waals surface area contributed by atoms with Gasteiger partial charge < -0.3 is 20.6 Å². The maximum atomic E-state index is 13.1. The summed E-state index contributed by atoms with van der Waals surface area (Å²) in [6, 6.07) is 5.75. The second kappa shape index (κ2) is 9.39. The molecule has 0 aliphatic carbocycles. The van der Waals surface area contributed by atoms with Crippen LogP contribution in [0.4, 0.5) is 0 Å². The molecule has 1 fully saturated rings. The molecule has 2 aliphatic heterocycles. The molecule has 0 bridgehead atoms. The Kier molecular flexibility index (Phi) is 7.08. The molecule has 164 valence electrons. The predicted octanol–water partition coefficient (Wildman–Crippen LogP) is 1.92. The van der Waals surface area contributed by atoms with Gasteiger partial charge in [-0.05, 0) is 29.9 Å². The number of hydrogen-bond donors (Lipinski definition) is 3. The SMILES string of the molecule is CC(C)CC(CO)NC(=O)C(NC(=O)C1CSC2c3ccccc3C(=O)N12)C(C)C. The number of nitrogens with one attached hydrogen (secondary N) is 2. The first-order valence-electron chi connectivity index (χ1n) is 10.5. The second-order valence-electron chi connectivity index (χ2n) is 8.75. The van der Waals surface area contributed by atoms with Crippen molar-refractivity contribution in [2.24, 2.45) is 11.8 Å².